The molecule has 2 heterocycles. The number of hydrogen-bond donors (Lipinski definition) is 2. The number of hydrogen-bond acceptors (Lipinski definition) is 4. The van der Waals surface area contributed by atoms with E-state index >= 15 is 0 Å². The zero-order valence-electron chi connectivity index (χ0n) is 16.6. The van der Waals surface area contributed by atoms with Crippen molar-refractivity contribution >= 4 is 23.9 Å². The zero-order chi connectivity index (χ0) is 19.9. The van der Waals surface area contributed by atoms with Gasteiger partial charge in [-0.15, -0.1) is 0 Å². The number of pyridine rings is 1. The van der Waals surface area contributed by atoms with E-state index in [0.717, 1.165) is 30.0 Å². The van der Waals surface area contributed by atoms with E-state index in [9.17, 15) is 4.79 Å². The van der Waals surface area contributed by atoms with Crippen LogP contribution in [-0.4, -0.2) is 54.3 Å². The minimum atomic E-state index is -0.213. The van der Waals surface area contributed by atoms with Crippen LogP contribution in [0.2, 0.25) is 0 Å². The molecule has 1 aliphatic rings. The smallest absolute Gasteiger partial charge is 0.319 e. The van der Waals surface area contributed by atoms with Gasteiger partial charge < -0.3 is 15.4 Å². The van der Waals surface area contributed by atoms with E-state index in [0.29, 0.717) is 6.04 Å². The highest BCUT2D eigenvalue weighted by atomic mass is 16.5. The molecule has 1 fully saturated rings. The number of carbonyl (C=O) groups excluding carboxylic acids is 1. The number of nitrogens with one attached hydrogen (secondary N) is 2. The maximum absolute atomic E-state index is 12.4. The molecule has 3 rings (SSSR count). The Morgan fingerprint density at radius 1 is 1.18 bits per heavy atom. The predicted molar refractivity (Wildman–Crippen MR) is 113 cm³/mol. The Morgan fingerprint density at radius 3 is 2.61 bits per heavy atom. The van der Waals surface area contributed by atoms with E-state index in [4.69, 9.17) is 4.74 Å². The fourth-order valence-corrected chi connectivity index (χ4v) is 3.27. The maximum atomic E-state index is 12.4. The number of urea groups is 1. The summed E-state index contributed by atoms with van der Waals surface area (Å²) in [4.78, 5) is 19.0. The highest BCUT2D eigenvalue weighted by Crippen LogP contribution is 2.17. The third-order valence-corrected chi connectivity index (χ3v) is 4.95. The van der Waals surface area contributed by atoms with Crippen molar-refractivity contribution in [2.75, 3.05) is 25.5 Å². The van der Waals surface area contributed by atoms with Crippen LogP contribution in [0.3, 0.4) is 0 Å². The predicted octanol–water partition coefficient (Wildman–Crippen LogP) is 3.48. The van der Waals surface area contributed by atoms with Gasteiger partial charge in [0.25, 0.3) is 0 Å². The minimum Gasteiger partial charge on any atom is -0.378 e. The summed E-state index contributed by atoms with van der Waals surface area (Å²) in [6.45, 7) is 5.93. The molecule has 148 valence electrons. The number of methoxy groups -OCH3 is 1. The van der Waals surface area contributed by atoms with Crippen LogP contribution in [0.5, 0.6) is 0 Å². The van der Waals surface area contributed by atoms with Crippen LogP contribution in [0.25, 0.3) is 12.2 Å². The first-order valence-corrected chi connectivity index (χ1v) is 9.58. The Bertz CT molecular complexity index is 790. The van der Waals surface area contributed by atoms with E-state index in [1.165, 1.54) is 0 Å². The molecule has 1 aromatic carbocycles. The molecule has 28 heavy (non-hydrogen) atoms. The number of nitrogens with zero attached hydrogens (tertiary/aromatic N) is 2. The molecule has 1 aliphatic heterocycles. The van der Waals surface area contributed by atoms with Gasteiger partial charge in [-0.2, -0.15) is 0 Å². The van der Waals surface area contributed by atoms with Crippen molar-refractivity contribution in [2.45, 2.75) is 32.0 Å². The Hall–Kier alpha value is -2.70. The summed E-state index contributed by atoms with van der Waals surface area (Å²) in [5.41, 5.74) is 2.70. The summed E-state index contributed by atoms with van der Waals surface area (Å²) in [6, 6.07) is 13.7. The van der Waals surface area contributed by atoms with Gasteiger partial charge in [0.2, 0.25) is 0 Å². The molecule has 2 atom stereocenters. The monoisotopic (exact) mass is 380 g/mol. The van der Waals surface area contributed by atoms with E-state index in [-0.39, 0.29) is 18.2 Å². The molecule has 0 radical (unpaired) electrons. The van der Waals surface area contributed by atoms with Crippen molar-refractivity contribution in [1.82, 2.24) is 15.2 Å². The molecule has 0 bridgehead atoms. The van der Waals surface area contributed by atoms with Crippen LogP contribution in [0.15, 0.2) is 48.7 Å². The summed E-state index contributed by atoms with van der Waals surface area (Å²) >= 11 is 0. The highest BCUT2D eigenvalue weighted by Gasteiger charge is 2.34. The van der Waals surface area contributed by atoms with Crippen LogP contribution in [0.4, 0.5) is 10.5 Å². The summed E-state index contributed by atoms with van der Waals surface area (Å²) in [5, 5.41) is 5.93. The van der Waals surface area contributed by atoms with Crippen molar-refractivity contribution in [3.63, 3.8) is 0 Å². The summed E-state index contributed by atoms with van der Waals surface area (Å²) in [5.74, 6) is 0. The number of ether oxygens (including phenoxy) is 1. The van der Waals surface area contributed by atoms with Crippen molar-refractivity contribution in [1.29, 1.82) is 0 Å². The first-order chi connectivity index (χ1) is 13.5. The number of benzene rings is 1. The fraction of sp³-hybridized carbons (Fsp3) is 0.364. The van der Waals surface area contributed by atoms with Gasteiger partial charge in [0.05, 0.1) is 17.8 Å². The molecule has 2 N–H and O–H groups in total. The van der Waals surface area contributed by atoms with Crippen LogP contribution in [0, 0.1) is 0 Å². The molecule has 0 saturated carbocycles. The molecule has 6 heteroatoms. The quantitative estimate of drug-likeness (QED) is 0.805. The number of aromatic nitrogens is 1. The van der Waals surface area contributed by atoms with Gasteiger partial charge in [0.1, 0.15) is 0 Å². The molecule has 6 nitrogen and oxygen atoms in total. The average Bonchev–Trinajstić information content (AvgIpc) is 3.11. The summed E-state index contributed by atoms with van der Waals surface area (Å²) in [6.07, 6.45) is 5.73. The molecule has 2 amide bonds. The van der Waals surface area contributed by atoms with E-state index < -0.39 is 0 Å². The third kappa shape index (κ3) is 5.41. The molecule has 0 spiro atoms. The largest absolute Gasteiger partial charge is 0.378 e. The lowest BCUT2D eigenvalue weighted by Crippen LogP contribution is -2.45. The third-order valence-electron chi connectivity index (χ3n) is 4.95. The van der Waals surface area contributed by atoms with Gasteiger partial charge >= 0.3 is 6.03 Å². The highest BCUT2D eigenvalue weighted by molar-refractivity contribution is 5.89. The lowest BCUT2D eigenvalue weighted by molar-refractivity contribution is 0.0896. The van der Waals surface area contributed by atoms with Gasteiger partial charge in [0, 0.05) is 38.1 Å². The first-order valence-electron chi connectivity index (χ1n) is 9.58. The van der Waals surface area contributed by atoms with Crippen molar-refractivity contribution in [3.05, 3.63) is 59.9 Å². The second-order valence-electron chi connectivity index (χ2n) is 7.24. The lowest BCUT2D eigenvalue weighted by atomic mass is 10.2. The average molecular weight is 380 g/mol. The number of amides is 2. The summed E-state index contributed by atoms with van der Waals surface area (Å²) in [7, 11) is 1.69. The minimum absolute atomic E-state index is 0.00672. The van der Waals surface area contributed by atoms with E-state index in [1.807, 2.05) is 54.6 Å². The molecule has 1 saturated heterocycles. The molecule has 0 aliphatic carbocycles. The van der Waals surface area contributed by atoms with Gasteiger partial charge in [-0.3, -0.25) is 9.88 Å². The Kier molecular flexibility index (Phi) is 6.79. The maximum Gasteiger partial charge on any atom is 0.319 e. The number of likely N-dealkylation sites (tertiary alicyclic amines) is 1. The first kappa shape index (κ1) is 20.0. The van der Waals surface area contributed by atoms with Crippen LogP contribution in [0.1, 0.15) is 25.1 Å². The number of rotatable bonds is 6. The zero-order valence-corrected chi connectivity index (χ0v) is 16.6. The number of carbonyl (C=O) groups is 1. The van der Waals surface area contributed by atoms with Gasteiger partial charge in [-0.25, -0.2) is 4.79 Å². The topological polar surface area (TPSA) is 66.5 Å². The van der Waals surface area contributed by atoms with Gasteiger partial charge in [-0.1, -0.05) is 24.3 Å². The fourth-order valence-electron chi connectivity index (χ4n) is 3.27. The Morgan fingerprint density at radius 2 is 1.96 bits per heavy atom. The normalized spacial score (nSPS) is 20.0. The van der Waals surface area contributed by atoms with Gasteiger partial charge in [-0.05, 0) is 49.8 Å². The van der Waals surface area contributed by atoms with Crippen LogP contribution in [-0.2, 0) is 4.74 Å². The number of anilines is 1. The molecular weight excluding hydrogens is 352 g/mol. The molecule has 1 aromatic heterocycles. The standard InChI is InChI=1S/C22H28N4O2/c1-16(2)26-14-20(21(15-26)28-3)25-22(27)24-19-11-8-17(9-12-19)7-10-18-6-4-5-13-23-18/h4-13,16,20-21H,14-15H2,1-3H3,(H2,24,25,27)/b10-7+/t20-,21-/m0/s1. The van der Waals surface area contributed by atoms with Crippen LogP contribution < -0.4 is 10.6 Å². The van der Waals surface area contributed by atoms with Crippen molar-refractivity contribution in [3.8, 4) is 0 Å². The van der Waals surface area contributed by atoms with E-state index in [1.54, 1.807) is 13.3 Å². The second-order valence-corrected chi connectivity index (χ2v) is 7.24. The van der Waals surface area contributed by atoms with E-state index in [2.05, 4.69) is 34.4 Å². The SMILES string of the molecule is CO[C@H]1CN(C(C)C)C[C@@H]1NC(=O)Nc1ccc(/C=C/c2ccccn2)cc1. The summed E-state index contributed by atoms with van der Waals surface area (Å²) < 4.78 is 5.54. The molecule has 2 aromatic rings. The molecule has 0 unspecified atom stereocenters. The molecular formula is C22H28N4O2. The Balaban J connectivity index is 1.53. The lowest BCUT2D eigenvalue weighted by Gasteiger charge is -2.20. The van der Waals surface area contributed by atoms with Gasteiger partial charge in [0.15, 0.2) is 0 Å². The van der Waals surface area contributed by atoms with Crippen molar-refractivity contribution in [2.24, 2.45) is 0 Å². The van der Waals surface area contributed by atoms with Crippen LogP contribution >= 0.6 is 0 Å². The second kappa shape index (κ2) is 9.48. The van der Waals surface area contributed by atoms with Crippen molar-refractivity contribution < 1.29 is 9.53 Å². The Labute approximate surface area is 166 Å².